The third-order valence-corrected chi connectivity index (χ3v) is 2.26. The van der Waals surface area contributed by atoms with Crippen molar-refractivity contribution < 1.29 is 0 Å². The summed E-state index contributed by atoms with van der Waals surface area (Å²) in [7, 11) is 0. The number of nitrogens with two attached hydrogens (primary N) is 1. The first kappa shape index (κ1) is 8.23. The number of anilines is 1. The van der Waals surface area contributed by atoms with Crippen LogP contribution in [0.5, 0.6) is 0 Å². The van der Waals surface area contributed by atoms with Crippen LogP contribution in [0.1, 0.15) is 31.5 Å². The molecule has 1 aromatic rings. The molecule has 1 aliphatic rings. The monoisotopic (exact) mass is 175 g/mol. The van der Waals surface area contributed by atoms with Gasteiger partial charge in [0.15, 0.2) is 5.82 Å². The van der Waals surface area contributed by atoms with E-state index in [1.165, 1.54) is 18.4 Å². The number of hydrogen-bond acceptors (Lipinski definition) is 3. The van der Waals surface area contributed by atoms with E-state index in [9.17, 15) is 0 Å². The Labute approximate surface area is 77.7 Å². The number of hydrogen-bond donors (Lipinski definition) is 1. The largest absolute Gasteiger partial charge is 0.384 e. The molecule has 13 heavy (non-hydrogen) atoms. The Morgan fingerprint density at radius 2 is 2.23 bits per heavy atom. The van der Waals surface area contributed by atoms with Crippen molar-refractivity contribution in [2.24, 2.45) is 0 Å². The molecule has 0 aliphatic heterocycles. The average Bonchev–Trinajstić information content (AvgIpc) is 2.19. The molecule has 3 nitrogen and oxygen atoms in total. The lowest BCUT2D eigenvalue weighted by Crippen LogP contribution is -2.00. The van der Waals surface area contributed by atoms with Crippen LogP contribution in [0.4, 0.5) is 5.82 Å². The van der Waals surface area contributed by atoms with E-state index in [1.807, 2.05) is 0 Å². The van der Waals surface area contributed by atoms with Gasteiger partial charge in [0, 0.05) is 6.20 Å². The average molecular weight is 175 g/mol. The molecule has 68 valence electrons. The first-order valence-electron chi connectivity index (χ1n) is 4.64. The minimum atomic E-state index is 0.552. The second-order valence-corrected chi connectivity index (χ2v) is 3.28. The van der Waals surface area contributed by atoms with Gasteiger partial charge in [-0.3, -0.25) is 0 Å². The molecule has 0 aromatic carbocycles. The van der Waals surface area contributed by atoms with Gasteiger partial charge in [-0.05, 0) is 37.3 Å². The fraction of sp³-hybridized carbons (Fsp3) is 0.400. The SMILES string of the molecule is Nc1ccnc(C2=CCCCC2)n1. The Kier molecular flexibility index (Phi) is 2.25. The van der Waals surface area contributed by atoms with E-state index in [1.54, 1.807) is 12.3 Å². The standard InChI is InChI=1S/C10H13N3/c11-9-6-7-12-10(13-9)8-4-2-1-3-5-8/h4,6-7H,1-3,5H2,(H2,11,12,13). The lowest BCUT2D eigenvalue weighted by atomic mass is 9.99. The molecule has 0 atom stereocenters. The van der Waals surface area contributed by atoms with Crippen LogP contribution in [0.15, 0.2) is 18.3 Å². The molecule has 0 saturated carbocycles. The predicted molar refractivity (Wildman–Crippen MR) is 52.9 cm³/mol. The van der Waals surface area contributed by atoms with Crippen molar-refractivity contribution in [3.05, 3.63) is 24.2 Å². The zero-order valence-corrected chi connectivity index (χ0v) is 7.53. The fourth-order valence-electron chi connectivity index (χ4n) is 1.57. The van der Waals surface area contributed by atoms with Crippen molar-refractivity contribution in [1.82, 2.24) is 9.97 Å². The zero-order chi connectivity index (χ0) is 9.10. The summed E-state index contributed by atoms with van der Waals surface area (Å²) in [5, 5.41) is 0. The molecule has 1 aliphatic carbocycles. The molecule has 1 heterocycles. The first-order valence-corrected chi connectivity index (χ1v) is 4.64. The van der Waals surface area contributed by atoms with Crippen LogP contribution in [0.2, 0.25) is 0 Å². The smallest absolute Gasteiger partial charge is 0.157 e. The first-order chi connectivity index (χ1) is 6.36. The maximum atomic E-state index is 5.59. The summed E-state index contributed by atoms with van der Waals surface area (Å²) >= 11 is 0. The molecule has 0 saturated heterocycles. The van der Waals surface area contributed by atoms with E-state index < -0.39 is 0 Å². The van der Waals surface area contributed by atoms with Crippen molar-refractivity contribution in [3.63, 3.8) is 0 Å². The van der Waals surface area contributed by atoms with Crippen LogP contribution in [0.3, 0.4) is 0 Å². The molecule has 1 aromatic heterocycles. The summed E-state index contributed by atoms with van der Waals surface area (Å²) in [5.74, 6) is 1.36. The normalized spacial score (nSPS) is 16.8. The van der Waals surface area contributed by atoms with Crippen molar-refractivity contribution >= 4 is 11.4 Å². The Balaban J connectivity index is 2.29. The third kappa shape index (κ3) is 1.86. The zero-order valence-electron chi connectivity index (χ0n) is 7.53. The van der Waals surface area contributed by atoms with Gasteiger partial charge in [-0.15, -0.1) is 0 Å². The topological polar surface area (TPSA) is 51.8 Å². The van der Waals surface area contributed by atoms with Gasteiger partial charge in [-0.2, -0.15) is 0 Å². The van der Waals surface area contributed by atoms with Crippen LogP contribution < -0.4 is 5.73 Å². The summed E-state index contributed by atoms with van der Waals surface area (Å²) in [6.45, 7) is 0. The number of rotatable bonds is 1. The van der Waals surface area contributed by atoms with Crippen molar-refractivity contribution in [2.75, 3.05) is 5.73 Å². The minimum Gasteiger partial charge on any atom is -0.384 e. The molecular formula is C10H13N3. The number of allylic oxidation sites excluding steroid dienone is 2. The lowest BCUT2D eigenvalue weighted by Gasteiger charge is -2.10. The highest BCUT2D eigenvalue weighted by Gasteiger charge is 2.08. The van der Waals surface area contributed by atoms with Crippen LogP contribution in [0.25, 0.3) is 5.57 Å². The van der Waals surface area contributed by atoms with E-state index in [0.717, 1.165) is 18.7 Å². The van der Waals surface area contributed by atoms with Gasteiger partial charge < -0.3 is 5.73 Å². The predicted octanol–water partition coefficient (Wildman–Crippen LogP) is 2.02. The molecule has 3 heteroatoms. The fourth-order valence-corrected chi connectivity index (χ4v) is 1.57. The van der Waals surface area contributed by atoms with Gasteiger partial charge in [0.2, 0.25) is 0 Å². The van der Waals surface area contributed by atoms with Gasteiger partial charge >= 0.3 is 0 Å². The lowest BCUT2D eigenvalue weighted by molar-refractivity contribution is 0.737. The molecule has 0 bridgehead atoms. The van der Waals surface area contributed by atoms with Crippen LogP contribution >= 0.6 is 0 Å². The quantitative estimate of drug-likeness (QED) is 0.710. The highest BCUT2D eigenvalue weighted by atomic mass is 14.9. The van der Waals surface area contributed by atoms with Gasteiger partial charge in [-0.25, -0.2) is 9.97 Å². The van der Waals surface area contributed by atoms with Crippen molar-refractivity contribution in [1.29, 1.82) is 0 Å². The minimum absolute atomic E-state index is 0.552. The summed E-state index contributed by atoms with van der Waals surface area (Å²) < 4.78 is 0. The highest BCUT2D eigenvalue weighted by Crippen LogP contribution is 2.24. The Hall–Kier alpha value is -1.38. The van der Waals surface area contributed by atoms with Crippen LogP contribution in [-0.2, 0) is 0 Å². The Morgan fingerprint density at radius 3 is 2.92 bits per heavy atom. The maximum absolute atomic E-state index is 5.59. The summed E-state index contributed by atoms with van der Waals surface area (Å²) in [6, 6.07) is 1.72. The molecule has 0 fully saturated rings. The van der Waals surface area contributed by atoms with E-state index in [-0.39, 0.29) is 0 Å². The molecule has 2 N–H and O–H groups in total. The van der Waals surface area contributed by atoms with Gasteiger partial charge in [-0.1, -0.05) is 6.08 Å². The van der Waals surface area contributed by atoms with Gasteiger partial charge in [0.25, 0.3) is 0 Å². The Morgan fingerprint density at radius 1 is 1.31 bits per heavy atom. The second kappa shape index (κ2) is 3.56. The van der Waals surface area contributed by atoms with E-state index in [0.29, 0.717) is 5.82 Å². The highest BCUT2D eigenvalue weighted by molar-refractivity contribution is 5.61. The van der Waals surface area contributed by atoms with E-state index in [2.05, 4.69) is 16.0 Å². The number of nitrogens with zero attached hydrogens (tertiary/aromatic N) is 2. The molecule has 0 spiro atoms. The molecule has 0 radical (unpaired) electrons. The molecule has 0 unspecified atom stereocenters. The van der Waals surface area contributed by atoms with Crippen LogP contribution in [0, 0.1) is 0 Å². The van der Waals surface area contributed by atoms with Crippen molar-refractivity contribution in [2.45, 2.75) is 25.7 Å². The maximum Gasteiger partial charge on any atom is 0.157 e. The molecular weight excluding hydrogens is 162 g/mol. The summed E-state index contributed by atoms with van der Waals surface area (Å²) in [4.78, 5) is 8.40. The molecule has 0 amide bonds. The van der Waals surface area contributed by atoms with Crippen LogP contribution in [-0.4, -0.2) is 9.97 Å². The summed E-state index contributed by atoms with van der Waals surface area (Å²) in [6.07, 6.45) is 8.69. The van der Waals surface area contributed by atoms with E-state index in [4.69, 9.17) is 5.73 Å². The van der Waals surface area contributed by atoms with Gasteiger partial charge in [0.1, 0.15) is 5.82 Å². The van der Waals surface area contributed by atoms with Gasteiger partial charge in [0.05, 0.1) is 0 Å². The summed E-state index contributed by atoms with van der Waals surface area (Å²) in [5.41, 5.74) is 6.84. The number of nitrogen functional groups attached to an aromatic ring is 1. The second-order valence-electron chi connectivity index (χ2n) is 3.28. The third-order valence-electron chi connectivity index (χ3n) is 2.26. The van der Waals surface area contributed by atoms with Crippen molar-refractivity contribution in [3.8, 4) is 0 Å². The van der Waals surface area contributed by atoms with E-state index >= 15 is 0 Å². The molecule has 2 rings (SSSR count). The Bertz CT molecular complexity index is 331. The number of aromatic nitrogens is 2.